The number of rotatable bonds is 4. The number of hydrogen-bond donors (Lipinski definition) is 1. The van der Waals surface area contributed by atoms with Crippen LogP contribution in [0.25, 0.3) is 22.4 Å². The van der Waals surface area contributed by atoms with Crippen LogP contribution in [0, 0.1) is 6.92 Å². The molecule has 0 saturated heterocycles. The normalized spacial score (nSPS) is 11.0. The maximum atomic E-state index is 12.4. The zero-order valence-corrected chi connectivity index (χ0v) is 15.4. The first kappa shape index (κ1) is 16.5. The van der Waals surface area contributed by atoms with Crippen molar-refractivity contribution in [3.8, 4) is 11.3 Å². The van der Waals surface area contributed by atoms with E-state index in [4.69, 9.17) is 9.15 Å². The molecular weight excluding hydrogens is 398 g/mol. The van der Waals surface area contributed by atoms with Crippen LogP contribution in [0.1, 0.15) is 21.9 Å². The van der Waals surface area contributed by atoms with Gasteiger partial charge in [0.2, 0.25) is 0 Å². The summed E-state index contributed by atoms with van der Waals surface area (Å²) >= 11 is 3.41. The lowest BCUT2D eigenvalue weighted by molar-refractivity contribution is 0.0457. The van der Waals surface area contributed by atoms with E-state index in [9.17, 15) is 4.79 Å². The van der Waals surface area contributed by atoms with Crippen LogP contribution in [0.5, 0.6) is 0 Å². The number of benzene rings is 2. The molecule has 2 aromatic heterocycles. The van der Waals surface area contributed by atoms with E-state index < -0.39 is 5.97 Å². The van der Waals surface area contributed by atoms with Gasteiger partial charge in [-0.3, -0.25) is 0 Å². The molecule has 0 fully saturated rings. The first-order valence-corrected chi connectivity index (χ1v) is 8.71. The zero-order chi connectivity index (χ0) is 18.1. The Labute approximate surface area is 157 Å². The lowest BCUT2D eigenvalue weighted by Gasteiger charge is -2.03. The highest BCUT2D eigenvalue weighted by molar-refractivity contribution is 9.10. The van der Waals surface area contributed by atoms with Crippen molar-refractivity contribution in [3.63, 3.8) is 0 Å². The molecule has 0 radical (unpaired) electrons. The van der Waals surface area contributed by atoms with E-state index >= 15 is 0 Å². The molecule has 4 aromatic rings. The number of halogens is 1. The Balaban J connectivity index is 1.51. The third-order valence-electron chi connectivity index (χ3n) is 3.91. The average molecular weight is 412 g/mol. The van der Waals surface area contributed by atoms with Gasteiger partial charge in [-0.25, -0.2) is 14.8 Å². The minimum Gasteiger partial charge on any atom is -0.453 e. The maximum absolute atomic E-state index is 12.4. The van der Waals surface area contributed by atoms with Crippen LogP contribution in [-0.2, 0) is 11.3 Å². The number of aromatic amines is 1. The Hall–Kier alpha value is -2.93. The number of oxazole rings is 1. The quantitative estimate of drug-likeness (QED) is 0.494. The first-order valence-electron chi connectivity index (χ1n) is 7.92. The van der Waals surface area contributed by atoms with Gasteiger partial charge >= 0.3 is 5.97 Å². The van der Waals surface area contributed by atoms with Gasteiger partial charge in [-0.05, 0) is 25.1 Å². The fourth-order valence-electron chi connectivity index (χ4n) is 2.61. The van der Waals surface area contributed by atoms with E-state index in [1.807, 2.05) is 49.4 Å². The molecule has 2 heterocycles. The predicted octanol–water partition coefficient (Wildman–Crippen LogP) is 4.65. The van der Waals surface area contributed by atoms with Crippen LogP contribution in [0.3, 0.4) is 0 Å². The summed E-state index contributed by atoms with van der Waals surface area (Å²) in [7, 11) is 0. The number of hydrogen-bond acceptors (Lipinski definition) is 5. The molecule has 2 aromatic carbocycles. The van der Waals surface area contributed by atoms with Crippen molar-refractivity contribution in [2.45, 2.75) is 13.5 Å². The summed E-state index contributed by atoms with van der Waals surface area (Å²) in [5.74, 6) is 0.395. The zero-order valence-electron chi connectivity index (χ0n) is 13.8. The Morgan fingerprint density at radius 1 is 1.23 bits per heavy atom. The van der Waals surface area contributed by atoms with E-state index in [2.05, 4.69) is 30.9 Å². The fourth-order valence-corrected chi connectivity index (χ4v) is 2.97. The predicted molar refractivity (Wildman–Crippen MR) is 99.6 cm³/mol. The number of aryl methyl sites for hydroxylation is 1. The molecule has 26 heavy (non-hydrogen) atoms. The molecule has 7 heteroatoms. The topological polar surface area (TPSA) is 81.0 Å². The Kier molecular flexibility index (Phi) is 4.30. The van der Waals surface area contributed by atoms with Crippen LogP contribution in [-0.4, -0.2) is 20.9 Å². The van der Waals surface area contributed by atoms with Gasteiger partial charge in [0, 0.05) is 10.0 Å². The van der Waals surface area contributed by atoms with Crippen molar-refractivity contribution in [1.29, 1.82) is 0 Å². The van der Waals surface area contributed by atoms with Crippen LogP contribution < -0.4 is 0 Å². The van der Waals surface area contributed by atoms with Gasteiger partial charge in [0.25, 0.3) is 0 Å². The molecule has 0 amide bonds. The Morgan fingerprint density at radius 2 is 2.04 bits per heavy atom. The third kappa shape index (κ3) is 3.25. The summed E-state index contributed by atoms with van der Waals surface area (Å²) in [4.78, 5) is 23.9. The lowest BCUT2D eigenvalue weighted by atomic mass is 10.1. The van der Waals surface area contributed by atoms with Crippen LogP contribution in [0.4, 0.5) is 0 Å². The van der Waals surface area contributed by atoms with Gasteiger partial charge in [-0.15, -0.1) is 0 Å². The largest absolute Gasteiger partial charge is 0.453 e. The van der Waals surface area contributed by atoms with Crippen molar-refractivity contribution in [1.82, 2.24) is 15.0 Å². The van der Waals surface area contributed by atoms with Gasteiger partial charge in [0.15, 0.2) is 17.8 Å². The number of carbonyl (C=O) groups is 1. The number of esters is 1. The molecule has 130 valence electrons. The van der Waals surface area contributed by atoms with Gasteiger partial charge < -0.3 is 14.1 Å². The minimum atomic E-state index is -0.559. The number of ether oxygens (including phenoxy) is 1. The lowest BCUT2D eigenvalue weighted by Crippen LogP contribution is -2.07. The number of aromatic nitrogens is 3. The van der Waals surface area contributed by atoms with Crippen LogP contribution in [0.2, 0.25) is 0 Å². The monoisotopic (exact) mass is 411 g/mol. The van der Waals surface area contributed by atoms with E-state index in [1.165, 1.54) is 6.39 Å². The molecule has 0 unspecified atom stereocenters. The minimum absolute atomic E-state index is 0.0192. The van der Waals surface area contributed by atoms with E-state index in [-0.39, 0.29) is 12.3 Å². The van der Waals surface area contributed by atoms with Crippen molar-refractivity contribution in [2.24, 2.45) is 0 Å². The van der Waals surface area contributed by atoms with E-state index in [0.29, 0.717) is 11.6 Å². The highest BCUT2D eigenvalue weighted by atomic mass is 79.9. The second-order valence-corrected chi connectivity index (χ2v) is 6.73. The van der Waals surface area contributed by atoms with Gasteiger partial charge in [-0.2, -0.15) is 0 Å². The molecule has 0 aliphatic rings. The van der Waals surface area contributed by atoms with Crippen molar-refractivity contribution >= 4 is 32.9 Å². The molecule has 0 aliphatic carbocycles. The van der Waals surface area contributed by atoms with Gasteiger partial charge in [0.1, 0.15) is 12.4 Å². The van der Waals surface area contributed by atoms with E-state index in [1.54, 1.807) is 0 Å². The molecule has 6 nitrogen and oxygen atoms in total. The summed E-state index contributed by atoms with van der Waals surface area (Å²) in [5.41, 5.74) is 3.71. The Bertz CT molecular complexity index is 1080. The van der Waals surface area contributed by atoms with Crippen LogP contribution in [0.15, 0.2) is 57.7 Å². The molecule has 0 aliphatic heterocycles. The van der Waals surface area contributed by atoms with Crippen LogP contribution >= 0.6 is 15.9 Å². The number of H-pyrrole nitrogens is 1. The molecule has 0 spiro atoms. The number of nitrogens with one attached hydrogen (secondary N) is 1. The average Bonchev–Trinajstić information content (AvgIpc) is 3.26. The van der Waals surface area contributed by atoms with Crippen molar-refractivity contribution in [2.75, 3.05) is 0 Å². The summed E-state index contributed by atoms with van der Waals surface area (Å²) in [6.45, 7) is 2.01. The summed E-state index contributed by atoms with van der Waals surface area (Å²) in [6, 6.07) is 13.4. The summed E-state index contributed by atoms with van der Waals surface area (Å²) in [5, 5.41) is 0. The number of imidazole rings is 1. The number of carbonyl (C=O) groups excluding carboxylic acids is 1. The SMILES string of the molecule is Cc1ccc(-c2ocnc2C(=O)OCc2nc3ccc(Br)cc3[nH]2)cc1. The van der Waals surface area contributed by atoms with Crippen molar-refractivity contribution in [3.05, 3.63) is 70.4 Å². The molecule has 0 bridgehead atoms. The van der Waals surface area contributed by atoms with Gasteiger partial charge in [-0.1, -0.05) is 45.8 Å². The highest BCUT2D eigenvalue weighted by Gasteiger charge is 2.20. The highest BCUT2D eigenvalue weighted by Crippen LogP contribution is 2.24. The third-order valence-corrected chi connectivity index (χ3v) is 4.40. The molecule has 1 N–H and O–H groups in total. The smallest absolute Gasteiger partial charge is 0.361 e. The number of nitrogens with zero attached hydrogens (tertiary/aromatic N) is 2. The first-order chi connectivity index (χ1) is 12.6. The van der Waals surface area contributed by atoms with Gasteiger partial charge in [0.05, 0.1) is 11.0 Å². The fraction of sp³-hybridized carbons (Fsp3) is 0.105. The Morgan fingerprint density at radius 3 is 2.85 bits per heavy atom. The van der Waals surface area contributed by atoms with Crippen molar-refractivity contribution < 1.29 is 13.9 Å². The molecule has 0 atom stereocenters. The summed E-state index contributed by atoms with van der Waals surface area (Å²) < 4.78 is 11.7. The second-order valence-electron chi connectivity index (χ2n) is 5.82. The second kappa shape index (κ2) is 6.76. The van der Waals surface area contributed by atoms with E-state index in [0.717, 1.165) is 26.6 Å². The molecular formula is C19H14BrN3O3. The maximum Gasteiger partial charge on any atom is 0.361 e. The number of fused-ring (bicyclic) bond motifs is 1. The summed E-state index contributed by atoms with van der Waals surface area (Å²) in [6.07, 6.45) is 1.24. The standard InChI is InChI=1S/C19H14BrN3O3/c1-11-2-4-12(5-3-11)18-17(21-10-26-18)19(24)25-9-16-22-14-7-6-13(20)8-15(14)23-16/h2-8,10H,9H2,1H3,(H,22,23). The molecule has 4 rings (SSSR count). The molecule has 0 saturated carbocycles.